The van der Waals surface area contributed by atoms with Crippen LogP contribution in [0.15, 0.2) is 18.2 Å². The summed E-state index contributed by atoms with van der Waals surface area (Å²) in [4.78, 5) is 26.3. The summed E-state index contributed by atoms with van der Waals surface area (Å²) < 4.78 is 5.02. The van der Waals surface area contributed by atoms with Crippen LogP contribution in [0.2, 0.25) is 0 Å². The van der Waals surface area contributed by atoms with Crippen molar-refractivity contribution < 1.29 is 14.5 Å². The number of nitriles is 1. The summed E-state index contributed by atoms with van der Waals surface area (Å²) in [5, 5.41) is 20.2. The maximum Gasteiger partial charge on any atom is 0.320 e. The first-order valence-corrected chi connectivity index (χ1v) is 8.22. The second kappa shape index (κ2) is 7.94. The van der Waals surface area contributed by atoms with Crippen LogP contribution in [0.25, 0.3) is 0 Å². The third-order valence-corrected chi connectivity index (χ3v) is 4.37. The molecule has 2 rings (SSSR count). The Kier molecular flexibility index (Phi) is 5.93. The predicted molar refractivity (Wildman–Crippen MR) is 92.3 cm³/mol. The molecule has 2 atom stereocenters. The molecule has 8 heteroatoms. The van der Waals surface area contributed by atoms with Gasteiger partial charge in [-0.3, -0.25) is 19.8 Å². The van der Waals surface area contributed by atoms with Gasteiger partial charge in [-0.25, -0.2) is 0 Å². The molecule has 1 aromatic carbocycles. The van der Waals surface area contributed by atoms with Crippen molar-refractivity contribution in [1.29, 1.82) is 5.26 Å². The molecule has 0 aliphatic carbocycles. The van der Waals surface area contributed by atoms with Gasteiger partial charge < -0.3 is 9.64 Å². The van der Waals surface area contributed by atoms with E-state index in [1.165, 1.54) is 12.1 Å². The number of nitro groups is 1. The lowest BCUT2D eigenvalue weighted by Gasteiger charge is -2.45. The molecule has 1 fully saturated rings. The van der Waals surface area contributed by atoms with Crippen molar-refractivity contribution >= 4 is 17.3 Å². The summed E-state index contributed by atoms with van der Waals surface area (Å²) in [5.74, 6) is -0.248. The number of hydrogen-bond acceptors (Lipinski definition) is 7. The van der Waals surface area contributed by atoms with Crippen LogP contribution in [0.3, 0.4) is 0 Å². The standard InChI is InChI=1S/C17H22N4O4/c1-4-25-17(22)11-20-12(2)9-19(10-13(20)3)16-6-5-15(21(23)24)7-14(16)8-18/h5-7,12-13H,4,9-11H2,1-3H3. The average Bonchev–Trinajstić information content (AvgIpc) is 2.57. The first kappa shape index (κ1) is 18.7. The highest BCUT2D eigenvalue weighted by atomic mass is 16.6. The number of carbonyl (C=O) groups is 1. The fraction of sp³-hybridized carbons (Fsp3) is 0.529. The molecule has 1 aliphatic heterocycles. The van der Waals surface area contributed by atoms with E-state index in [0.29, 0.717) is 25.4 Å². The fourth-order valence-electron chi connectivity index (χ4n) is 3.22. The molecule has 1 aliphatic rings. The Morgan fingerprint density at radius 3 is 2.56 bits per heavy atom. The normalized spacial score (nSPS) is 20.8. The minimum atomic E-state index is -0.507. The van der Waals surface area contributed by atoms with Crippen LogP contribution in [0.1, 0.15) is 26.3 Å². The van der Waals surface area contributed by atoms with Crippen LogP contribution in [-0.2, 0) is 9.53 Å². The van der Waals surface area contributed by atoms with Crippen LogP contribution in [-0.4, -0.2) is 54.1 Å². The molecule has 0 saturated carbocycles. The van der Waals surface area contributed by atoms with Gasteiger partial charge in [0.2, 0.25) is 0 Å². The van der Waals surface area contributed by atoms with Crippen molar-refractivity contribution in [1.82, 2.24) is 4.90 Å². The molecule has 1 heterocycles. The minimum absolute atomic E-state index is 0.0786. The van der Waals surface area contributed by atoms with Crippen molar-refractivity contribution in [2.75, 3.05) is 31.1 Å². The van der Waals surface area contributed by atoms with Gasteiger partial charge in [0.25, 0.3) is 5.69 Å². The molecule has 0 radical (unpaired) electrons. The highest BCUT2D eigenvalue weighted by Gasteiger charge is 2.32. The number of rotatable bonds is 5. The lowest BCUT2D eigenvalue weighted by atomic mass is 10.0. The number of nitrogens with zero attached hydrogens (tertiary/aromatic N) is 4. The van der Waals surface area contributed by atoms with Gasteiger partial charge in [-0.15, -0.1) is 0 Å². The lowest BCUT2D eigenvalue weighted by molar-refractivity contribution is -0.384. The molecule has 0 N–H and O–H groups in total. The van der Waals surface area contributed by atoms with Gasteiger partial charge >= 0.3 is 5.97 Å². The Morgan fingerprint density at radius 1 is 1.40 bits per heavy atom. The molecule has 0 bridgehead atoms. The van der Waals surface area contributed by atoms with Crippen molar-refractivity contribution in [3.8, 4) is 6.07 Å². The van der Waals surface area contributed by atoms with Crippen LogP contribution < -0.4 is 4.90 Å². The van der Waals surface area contributed by atoms with E-state index in [1.807, 2.05) is 24.8 Å². The number of nitro benzene ring substituents is 1. The van der Waals surface area contributed by atoms with E-state index in [0.717, 1.165) is 0 Å². The van der Waals surface area contributed by atoms with Gasteiger partial charge in [0.05, 0.1) is 29.3 Å². The SMILES string of the molecule is CCOC(=O)CN1C(C)CN(c2ccc([N+](=O)[O-])cc2C#N)CC1C. The maximum atomic E-state index is 11.8. The van der Waals surface area contributed by atoms with Crippen molar-refractivity contribution in [2.45, 2.75) is 32.9 Å². The van der Waals surface area contributed by atoms with E-state index >= 15 is 0 Å². The summed E-state index contributed by atoms with van der Waals surface area (Å²) in [6, 6.07) is 6.54. The van der Waals surface area contributed by atoms with Gasteiger partial charge in [0, 0.05) is 37.3 Å². The average molecular weight is 346 g/mol. The molecule has 0 aromatic heterocycles. The van der Waals surface area contributed by atoms with E-state index in [4.69, 9.17) is 4.74 Å². The smallest absolute Gasteiger partial charge is 0.320 e. The summed E-state index contributed by atoms with van der Waals surface area (Å²) in [6.45, 7) is 7.64. The van der Waals surface area contributed by atoms with Crippen molar-refractivity contribution in [3.05, 3.63) is 33.9 Å². The third kappa shape index (κ3) is 4.25. The third-order valence-electron chi connectivity index (χ3n) is 4.37. The lowest BCUT2D eigenvalue weighted by Crippen LogP contribution is -2.58. The van der Waals surface area contributed by atoms with Gasteiger partial charge in [-0.2, -0.15) is 5.26 Å². The monoisotopic (exact) mass is 346 g/mol. The molecule has 134 valence electrons. The molecule has 0 amide bonds. The van der Waals surface area contributed by atoms with Gasteiger partial charge in [0.1, 0.15) is 6.07 Å². The number of carbonyl (C=O) groups excluding carboxylic acids is 1. The Labute approximate surface area is 146 Å². The number of esters is 1. The van der Waals surface area contributed by atoms with Gasteiger partial charge in [-0.1, -0.05) is 0 Å². The van der Waals surface area contributed by atoms with Crippen molar-refractivity contribution in [2.24, 2.45) is 0 Å². The Hall–Kier alpha value is -2.66. The van der Waals surface area contributed by atoms with E-state index in [9.17, 15) is 20.2 Å². The molecule has 2 unspecified atom stereocenters. The summed E-state index contributed by atoms with van der Waals surface area (Å²) in [5.41, 5.74) is 0.873. The maximum absolute atomic E-state index is 11.8. The first-order chi connectivity index (χ1) is 11.9. The Balaban J connectivity index is 2.18. The molecular weight excluding hydrogens is 324 g/mol. The minimum Gasteiger partial charge on any atom is -0.465 e. The number of benzene rings is 1. The number of hydrogen-bond donors (Lipinski definition) is 0. The summed E-state index contributed by atoms with van der Waals surface area (Å²) in [7, 11) is 0. The highest BCUT2D eigenvalue weighted by Crippen LogP contribution is 2.28. The Morgan fingerprint density at radius 2 is 2.04 bits per heavy atom. The topological polar surface area (TPSA) is 99.7 Å². The zero-order valence-corrected chi connectivity index (χ0v) is 14.6. The second-order valence-corrected chi connectivity index (χ2v) is 6.15. The second-order valence-electron chi connectivity index (χ2n) is 6.15. The van der Waals surface area contributed by atoms with Crippen LogP contribution in [0.5, 0.6) is 0 Å². The fourth-order valence-corrected chi connectivity index (χ4v) is 3.22. The van der Waals surface area contributed by atoms with E-state index in [1.54, 1.807) is 13.0 Å². The van der Waals surface area contributed by atoms with Crippen molar-refractivity contribution in [3.63, 3.8) is 0 Å². The number of non-ortho nitro benzene ring substituents is 1. The summed E-state index contributed by atoms with van der Waals surface area (Å²) >= 11 is 0. The van der Waals surface area contributed by atoms with Gasteiger partial charge in [0.15, 0.2) is 0 Å². The number of piperazine rings is 1. The zero-order valence-electron chi connectivity index (χ0n) is 14.6. The first-order valence-electron chi connectivity index (χ1n) is 8.22. The highest BCUT2D eigenvalue weighted by molar-refractivity contribution is 5.72. The molecule has 25 heavy (non-hydrogen) atoms. The molecule has 1 saturated heterocycles. The van der Waals surface area contributed by atoms with Crippen LogP contribution in [0.4, 0.5) is 11.4 Å². The van der Waals surface area contributed by atoms with E-state index in [2.05, 4.69) is 4.90 Å². The summed E-state index contributed by atoms with van der Waals surface area (Å²) in [6.07, 6.45) is 0. The van der Waals surface area contributed by atoms with Crippen LogP contribution >= 0.6 is 0 Å². The van der Waals surface area contributed by atoms with E-state index < -0.39 is 4.92 Å². The number of anilines is 1. The van der Waals surface area contributed by atoms with Gasteiger partial charge in [-0.05, 0) is 26.8 Å². The molecule has 0 spiro atoms. The zero-order chi connectivity index (χ0) is 18.6. The number of ether oxygens (including phenoxy) is 1. The molecule has 1 aromatic rings. The Bertz CT molecular complexity index is 688. The van der Waals surface area contributed by atoms with E-state index in [-0.39, 0.29) is 35.8 Å². The predicted octanol–water partition coefficient (Wildman–Crippen LogP) is 1.93. The quantitative estimate of drug-likeness (QED) is 0.456. The molecular formula is C17H22N4O4. The molecule has 8 nitrogen and oxygen atoms in total. The largest absolute Gasteiger partial charge is 0.465 e. The van der Waals surface area contributed by atoms with Crippen LogP contribution in [0, 0.1) is 21.4 Å².